The van der Waals surface area contributed by atoms with Crippen LogP contribution in [0.2, 0.25) is 0 Å². The first-order valence-corrected chi connectivity index (χ1v) is 8.96. The lowest BCUT2D eigenvalue weighted by atomic mass is 10.1. The lowest BCUT2D eigenvalue weighted by Gasteiger charge is -2.28. The molecule has 1 aliphatic rings. The molecular formula is C10H17NO5S2. The minimum absolute atomic E-state index is 0.257. The maximum absolute atomic E-state index is 11.6. The maximum Gasteiger partial charge on any atom is 0.329 e. The molecule has 104 valence electrons. The van der Waals surface area contributed by atoms with E-state index in [1.54, 1.807) is 0 Å². The summed E-state index contributed by atoms with van der Waals surface area (Å²) in [6.07, 6.45) is 2.77. The van der Waals surface area contributed by atoms with Crippen LogP contribution >= 0.6 is 0 Å². The van der Waals surface area contributed by atoms with Crippen LogP contribution in [0.15, 0.2) is 0 Å². The third kappa shape index (κ3) is 5.05. The van der Waals surface area contributed by atoms with Crippen molar-refractivity contribution in [3.63, 3.8) is 0 Å². The Morgan fingerprint density at radius 3 is 2.28 bits per heavy atom. The summed E-state index contributed by atoms with van der Waals surface area (Å²) in [7, 11) is 0. The molecule has 0 spiro atoms. The Labute approximate surface area is 112 Å². The molecule has 6 nitrogen and oxygen atoms in total. The van der Waals surface area contributed by atoms with E-state index in [0.29, 0.717) is 17.9 Å². The molecule has 4 atom stereocenters. The van der Waals surface area contributed by atoms with E-state index in [1.807, 2.05) is 0 Å². The van der Waals surface area contributed by atoms with Crippen LogP contribution in [0.3, 0.4) is 0 Å². The lowest BCUT2D eigenvalue weighted by molar-refractivity contribution is -0.165. The summed E-state index contributed by atoms with van der Waals surface area (Å²) >= 11 is -2.03. The van der Waals surface area contributed by atoms with E-state index in [-0.39, 0.29) is 12.3 Å². The average molecular weight is 295 g/mol. The number of morpholine rings is 1. The normalized spacial score (nSPS) is 27.3. The Bertz CT molecular complexity index is 281. The summed E-state index contributed by atoms with van der Waals surface area (Å²) < 4.78 is 26.9. The Morgan fingerprint density at radius 1 is 1.17 bits per heavy atom. The molecule has 18 heavy (non-hydrogen) atoms. The summed E-state index contributed by atoms with van der Waals surface area (Å²) in [5.41, 5.74) is 0. The van der Waals surface area contributed by atoms with Crippen molar-refractivity contribution in [3.05, 3.63) is 0 Å². The number of ether oxygens (including phenoxy) is 1. The highest BCUT2D eigenvalue weighted by Crippen LogP contribution is 2.12. The minimum Gasteiger partial charge on any atom is -0.617 e. The van der Waals surface area contributed by atoms with Gasteiger partial charge in [0.1, 0.15) is 17.5 Å². The van der Waals surface area contributed by atoms with Crippen LogP contribution in [-0.2, 0) is 36.7 Å². The van der Waals surface area contributed by atoms with Gasteiger partial charge in [0, 0.05) is 12.8 Å². The van der Waals surface area contributed by atoms with Gasteiger partial charge < -0.3 is 19.2 Å². The molecule has 1 rings (SSSR count). The smallest absolute Gasteiger partial charge is 0.329 e. The highest BCUT2D eigenvalue weighted by Gasteiger charge is 2.36. The molecule has 0 saturated carbocycles. The van der Waals surface area contributed by atoms with Crippen molar-refractivity contribution in [2.75, 3.05) is 24.0 Å². The van der Waals surface area contributed by atoms with Gasteiger partial charge in [-0.2, -0.15) is 0 Å². The zero-order valence-electron chi connectivity index (χ0n) is 10.3. The van der Waals surface area contributed by atoms with Gasteiger partial charge in [-0.05, 0) is 0 Å². The second kappa shape index (κ2) is 7.22. The topological polar surface area (TPSA) is 102 Å². The zero-order chi connectivity index (χ0) is 13.7. The number of hydrogen-bond acceptors (Lipinski definition) is 5. The van der Waals surface area contributed by atoms with E-state index >= 15 is 0 Å². The number of hydrogen-bond donors (Lipinski definition) is 1. The Hall–Kier alpha value is -0.440. The molecular weight excluding hydrogens is 278 g/mol. The molecule has 0 aromatic heterocycles. The van der Waals surface area contributed by atoms with Crippen LogP contribution in [0.4, 0.5) is 0 Å². The summed E-state index contributed by atoms with van der Waals surface area (Å²) in [5, 5.41) is 2.55. The SMILES string of the molecule is C[S+]([O-])CC[C@@H]1NC(=O)[C@H](CC[S+](C)[O-])OC1=O. The van der Waals surface area contributed by atoms with Crippen LogP contribution in [0.1, 0.15) is 12.8 Å². The molecule has 0 radical (unpaired) electrons. The molecule has 8 heteroatoms. The van der Waals surface area contributed by atoms with Gasteiger partial charge in [0.05, 0.1) is 12.5 Å². The molecule has 1 aliphatic heterocycles. The highest BCUT2D eigenvalue weighted by molar-refractivity contribution is 7.90. The van der Waals surface area contributed by atoms with Crippen molar-refractivity contribution in [2.24, 2.45) is 0 Å². The van der Waals surface area contributed by atoms with Gasteiger partial charge in [-0.25, -0.2) is 4.79 Å². The van der Waals surface area contributed by atoms with Crippen molar-refractivity contribution in [3.8, 4) is 0 Å². The Kier molecular flexibility index (Phi) is 6.27. The van der Waals surface area contributed by atoms with Gasteiger partial charge in [0.15, 0.2) is 6.10 Å². The molecule has 1 amide bonds. The standard InChI is InChI=1S/C10H17NO5S2/c1-17(14)5-3-7-10(13)16-8(9(12)11-7)4-6-18(2)15/h7-8H,3-6H2,1-2H3,(H,11,12)/t7-,8-,17?,18?/m0/s1. The number of carbonyl (C=O) groups excluding carboxylic acids is 2. The Balaban J connectivity index is 2.44. The van der Waals surface area contributed by atoms with E-state index in [9.17, 15) is 18.7 Å². The first-order valence-electron chi connectivity index (χ1n) is 5.51. The number of cyclic esters (lactones) is 1. The molecule has 0 aromatic rings. The number of rotatable bonds is 6. The van der Waals surface area contributed by atoms with Crippen LogP contribution in [0.25, 0.3) is 0 Å². The fourth-order valence-corrected chi connectivity index (χ4v) is 2.65. The van der Waals surface area contributed by atoms with Crippen molar-refractivity contribution >= 4 is 34.2 Å². The second-order valence-corrected chi connectivity index (χ2v) is 7.23. The first-order chi connectivity index (χ1) is 8.40. The molecule has 0 aliphatic carbocycles. The van der Waals surface area contributed by atoms with E-state index in [0.717, 1.165) is 0 Å². The van der Waals surface area contributed by atoms with Crippen LogP contribution in [-0.4, -0.2) is 57.1 Å². The molecule has 1 N–H and O–H groups in total. The lowest BCUT2D eigenvalue weighted by Crippen LogP contribution is -2.54. The van der Waals surface area contributed by atoms with Gasteiger partial charge in [-0.15, -0.1) is 0 Å². The predicted octanol–water partition coefficient (Wildman–Crippen LogP) is -1.07. The maximum atomic E-state index is 11.6. The zero-order valence-corrected chi connectivity index (χ0v) is 12.0. The van der Waals surface area contributed by atoms with Gasteiger partial charge in [0.2, 0.25) is 0 Å². The molecule has 0 aromatic carbocycles. The van der Waals surface area contributed by atoms with Crippen molar-refractivity contribution in [1.82, 2.24) is 5.32 Å². The van der Waals surface area contributed by atoms with E-state index < -0.39 is 40.5 Å². The van der Waals surface area contributed by atoms with Crippen LogP contribution < -0.4 is 5.32 Å². The highest BCUT2D eigenvalue weighted by atomic mass is 32.2. The van der Waals surface area contributed by atoms with E-state index in [2.05, 4.69) is 5.32 Å². The molecule has 1 saturated heterocycles. The van der Waals surface area contributed by atoms with Crippen molar-refractivity contribution in [1.29, 1.82) is 0 Å². The monoisotopic (exact) mass is 295 g/mol. The van der Waals surface area contributed by atoms with Crippen LogP contribution in [0.5, 0.6) is 0 Å². The third-order valence-electron chi connectivity index (χ3n) is 2.51. The minimum atomic E-state index is -1.02. The third-order valence-corrected chi connectivity index (χ3v) is 4.13. The van der Waals surface area contributed by atoms with Gasteiger partial charge >= 0.3 is 5.97 Å². The average Bonchev–Trinajstić information content (AvgIpc) is 2.27. The second-order valence-electron chi connectivity index (χ2n) is 4.12. The number of amides is 1. The largest absolute Gasteiger partial charge is 0.617 e. The first kappa shape index (κ1) is 15.6. The van der Waals surface area contributed by atoms with Gasteiger partial charge in [-0.3, -0.25) is 4.79 Å². The quantitative estimate of drug-likeness (QED) is 0.497. The van der Waals surface area contributed by atoms with Crippen LogP contribution in [0, 0.1) is 0 Å². The number of esters is 1. The number of nitrogens with one attached hydrogen (secondary N) is 1. The predicted molar refractivity (Wildman–Crippen MR) is 68.9 cm³/mol. The van der Waals surface area contributed by atoms with E-state index in [1.165, 1.54) is 12.5 Å². The van der Waals surface area contributed by atoms with Gasteiger partial charge in [-0.1, -0.05) is 22.4 Å². The summed E-state index contributed by atoms with van der Waals surface area (Å²) in [6.45, 7) is 0. The van der Waals surface area contributed by atoms with E-state index in [4.69, 9.17) is 4.74 Å². The van der Waals surface area contributed by atoms with Crippen molar-refractivity contribution in [2.45, 2.75) is 25.0 Å². The Morgan fingerprint density at radius 2 is 1.72 bits per heavy atom. The molecule has 2 unspecified atom stereocenters. The fraction of sp³-hybridized carbons (Fsp3) is 0.800. The van der Waals surface area contributed by atoms with Gasteiger partial charge in [0.25, 0.3) is 5.91 Å². The van der Waals surface area contributed by atoms with Crippen molar-refractivity contribution < 1.29 is 23.4 Å². The molecule has 1 heterocycles. The summed E-state index contributed by atoms with van der Waals surface area (Å²) in [4.78, 5) is 23.2. The summed E-state index contributed by atoms with van der Waals surface area (Å²) in [5.74, 6) is -0.225. The molecule has 1 fully saturated rings. The summed E-state index contributed by atoms with van der Waals surface area (Å²) in [6, 6.07) is -0.718. The number of carbonyl (C=O) groups is 2. The molecule has 0 bridgehead atoms. The fourth-order valence-electron chi connectivity index (χ4n) is 1.54.